The molecule has 0 bridgehead atoms. The van der Waals surface area contributed by atoms with Gasteiger partial charge in [-0.3, -0.25) is 4.79 Å². The zero-order chi connectivity index (χ0) is 14.2. The lowest BCUT2D eigenvalue weighted by atomic mass is 9.99. The molecule has 0 spiro atoms. The van der Waals surface area contributed by atoms with Crippen molar-refractivity contribution in [1.29, 1.82) is 0 Å². The largest absolute Gasteiger partial charge is 0.368 e. The molecule has 1 aliphatic carbocycles. The highest BCUT2D eigenvalue weighted by molar-refractivity contribution is 7.99. The van der Waals surface area contributed by atoms with Gasteiger partial charge in [0.2, 0.25) is 5.91 Å². The van der Waals surface area contributed by atoms with Crippen LogP contribution in [0.1, 0.15) is 44.3 Å². The van der Waals surface area contributed by atoms with Crippen molar-refractivity contribution in [2.75, 3.05) is 0 Å². The molecule has 1 aromatic heterocycles. The Labute approximate surface area is 122 Å². The third-order valence-corrected chi connectivity index (χ3v) is 5.59. The number of hydrogen-bond acceptors (Lipinski definition) is 5. The molecule has 110 valence electrons. The molecule has 3 rings (SSSR count). The van der Waals surface area contributed by atoms with Crippen LogP contribution in [-0.4, -0.2) is 31.5 Å². The molecule has 7 heteroatoms. The van der Waals surface area contributed by atoms with Crippen LogP contribution in [-0.2, 0) is 17.8 Å². The smallest absolute Gasteiger partial charge is 0.237 e. The van der Waals surface area contributed by atoms with Crippen LogP contribution in [0.25, 0.3) is 0 Å². The summed E-state index contributed by atoms with van der Waals surface area (Å²) < 4.78 is 2.23. The third kappa shape index (κ3) is 2.56. The van der Waals surface area contributed by atoms with Gasteiger partial charge >= 0.3 is 0 Å². The lowest BCUT2D eigenvalue weighted by Gasteiger charge is -2.19. The molecule has 6 nitrogen and oxygen atoms in total. The van der Waals surface area contributed by atoms with Crippen LogP contribution in [0.15, 0.2) is 5.16 Å². The van der Waals surface area contributed by atoms with Crippen LogP contribution >= 0.6 is 11.8 Å². The fourth-order valence-corrected chi connectivity index (χ4v) is 4.37. The van der Waals surface area contributed by atoms with Gasteiger partial charge in [0.25, 0.3) is 0 Å². The van der Waals surface area contributed by atoms with Crippen molar-refractivity contribution in [2.45, 2.75) is 67.4 Å². The molecule has 2 atom stereocenters. The van der Waals surface area contributed by atoms with E-state index in [1.165, 1.54) is 19.3 Å². The normalized spacial score (nSPS) is 29.9. The number of amides is 1. The Hall–Kier alpha value is -1.08. The number of nitrogens with two attached hydrogens (primary N) is 2. The molecule has 2 aliphatic rings. The van der Waals surface area contributed by atoms with Crippen molar-refractivity contribution < 1.29 is 4.79 Å². The molecule has 2 unspecified atom stereocenters. The second-order valence-corrected chi connectivity index (χ2v) is 7.13. The van der Waals surface area contributed by atoms with Crippen molar-refractivity contribution >= 4 is 17.7 Å². The number of thioether (sulfide) groups is 1. The van der Waals surface area contributed by atoms with E-state index < -0.39 is 5.54 Å². The number of aromatic nitrogens is 3. The average Bonchev–Trinajstić information content (AvgIpc) is 2.88. The number of rotatable bonds is 3. The molecule has 1 saturated carbocycles. The first kappa shape index (κ1) is 13.9. The lowest BCUT2D eigenvalue weighted by Crippen LogP contribution is -2.50. The maximum absolute atomic E-state index is 11.4. The number of hydrogen-bond donors (Lipinski definition) is 2. The number of aryl methyl sites for hydroxylation is 1. The number of carbonyl (C=O) groups is 1. The van der Waals surface area contributed by atoms with Gasteiger partial charge in [-0.1, -0.05) is 18.2 Å². The minimum absolute atomic E-state index is 0.309. The quantitative estimate of drug-likeness (QED) is 0.860. The zero-order valence-electron chi connectivity index (χ0n) is 11.5. The Morgan fingerprint density at radius 2 is 2.20 bits per heavy atom. The van der Waals surface area contributed by atoms with Crippen LogP contribution in [0.5, 0.6) is 0 Å². The van der Waals surface area contributed by atoms with Gasteiger partial charge in [0.1, 0.15) is 5.82 Å². The Kier molecular flexibility index (Phi) is 3.72. The second kappa shape index (κ2) is 5.37. The first-order valence-electron chi connectivity index (χ1n) is 7.26. The fourth-order valence-electron chi connectivity index (χ4n) is 3.05. The highest BCUT2D eigenvalue weighted by Gasteiger charge is 2.41. The Morgan fingerprint density at radius 1 is 1.35 bits per heavy atom. The molecule has 0 radical (unpaired) electrons. The zero-order valence-corrected chi connectivity index (χ0v) is 12.4. The van der Waals surface area contributed by atoms with Crippen molar-refractivity contribution in [3.05, 3.63) is 5.82 Å². The number of carbonyl (C=O) groups excluding carboxylic acids is 1. The fraction of sp³-hybridized carbons (Fsp3) is 0.769. The number of primary amides is 1. The van der Waals surface area contributed by atoms with E-state index in [4.69, 9.17) is 11.5 Å². The van der Waals surface area contributed by atoms with E-state index in [2.05, 4.69) is 14.8 Å². The van der Waals surface area contributed by atoms with E-state index in [0.29, 0.717) is 18.1 Å². The van der Waals surface area contributed by atoms with Gasteiger partial charge in [0.05, 0.1) is 5.54 Å². The van der Waals surface area contributed by atoms with Gasteiger partial charge < -0.3 is 16.0 Å². The Bertz CT molecular complexity index is 517. The van der Waals surface area contributed by atoms with E-state index in [-0.39, 0.29) is 5.91 Å². The summed E-state index contributed by atoms with van der Waals surface area (Å²) in [4.78, 5) is 11.4. The first-order chi connectivity index (χ1) is 9.58. The summed E-state index contributed by atoms with van der Waals surface area (Å²) in [6.07, 6.45) is 6.86. The summed E-state index contributed by atoms with van der Waals surface area (Å²) in [6, 6.07) is 0. The molecule has 1 fully saturated rings. The number of fused-ring (bicyclic) bond motifs is 1. The summed E-state index contributed by atoms with van der Waals surface area (Å²) in [7, 11) is 0. The topological polar surface area (TPSA) is 99.8 Å². The van der Waals surface area contributed by atoms with Crippen molar-refractivity contribution in [2.24, 2.45) is 11.5 Å². The Morgan fingerprint density at radius 3 is 2.95 bits per heavy atom. The number of nitrogens with zero attached hydrogens (tertiary/aromatic N) is 3. The molecule has 1 amide bonds. The highest BCUT2D eigenvalue weighted by atomic mass is 32.2. The maximum atomic E-state index is 11.4. The predicted molar refractivity (Wildman–Crippen MR) is 77.2 cm³/mol. The second-order valence-electron chi connectivity index (χ2n) is 5.86. The summed E-state index contributed by atoms with van der Waals surface area (Å²) in [5, 5.41) is 9.90. The molecule has 4 N–H and O–H groups in total. The van der Waals surface area contributed by atoms with E-state index in [1.54, 1.807) is 11.8 Å². The van der Waals surface area contributed by atoms with Crippen molar-refractivity contribution in [3.8, 4) is 0 Å². The van der Waals surface area contributed by atoms with Gasteiger partial charge in [-0.2, -0.15) is 0 Å². The van der Waals surface area contributed by atoms with Gasteiger partial charge in [-0.05, 0) is 32.1 Å². The van der Waals surface area contributed by atoms with Crippen LogP contribution in [0.2, 0.25) is 0 Å². The summed E-state index contributed by atoms with van der Waals surface area (Å²) in [5.74, 6) is 0.706. The predicted octanol–water partition coefficient (Wildman–Crippen LogP) is 0.832. The standard InChI is InChI=1S/C13H21N5OS/c14-11(19)13(15)6-5-9(8-13)20-12-17-16-10-4-2-1-3-7-18(10)12/h9H,1-8,15H2,(H2,14,19). The van der Waals surface area contributed by atoms with Crippen molar-refractivity contribution in [1.82, 2.24) is 14.8 Å². The van der Waals surface area contributed by atoms with Crippen LogP contribution in [0.4, 0.5) is 0 Å². The van der Waals surface area contributed by atoms with E-state index in [1.807, 2.05) is 0 Å². The van der Waals surface area contributed by atoms with Gasteiger partial charge in [0.15, 0.2) is 5.16 Å². The maximum Gasteiger partial charge on any atom is 0.237 e. The summed E-state index contributed by atoms with van der Waals surface area (Å²) >= 11 is 1.70. The molecule has 0 saturated heterocycles. The summed E-state index contributed by atoms with van der Waals surface area (Å²) in [5.41, 5.74) is 10.6. The van der Waals surface area contributed by atoms with E-state index in [9.17, 15) is 4.79 Å². The molecular formula is C13H21N5OS. The highest BCUT2D eigenvalue weighted by Crippen LogP contribution is 2.38. The first-order valence-corrected chi connectivity index (χ1v) is 8.14. The Balaban J connectivity index is 1.70. The molecular weight excluding hydrogens is 274 g/mol. The molecule has 20 heavy (non-hydrogen) atoms. The molecule has 2 heterocycles. The van der Waals surface area contributed by atoms with Gasteiger partial charge in [0, 0.05) is 18.2 Å². The third-order valence-electron chi connectivity index (χ3n) is 4.34. The SMILES string of the molecule is NC(=O)C1(N)CCC(Sc2nnc3n2CCCCC3)C1. The molecule has 1 aromatic rings. The minimum Gasteiger partial charge on any atom is -0.368 e. The lowest BCUT2D eigenvalue weighted by molar-refractivity contribution is -0.122. The molecule has 0 aromatic carbocycles. The van der Waals surface area contributed by atoms with E-state index >= 15 is 0 Å². The van der Waals surface area contributed by atoms with Gasteiger partial charge in [-0.25, -0.2) is 0 Å². The monoisotopic (exact) mass is 295 g/mol. The average molecular weight is 295 g/mol. The van der Waals surface area contributed by atoms with Crippen LogP contribution in [0, 0.1) is 0 Å². The van der Waals surface area contributed by atoms with Gasteiger partial charge in [-0.15, -0.1) is 10.2 Å². The minimum atomic E-state index is -0.834. The van der Waals surface area contributed by atoms with Crippen LogP contribution in [0.3, 0.4) is 0 Å². The van der Waals surface area contributed by atoms with E-state index in [0.717, 1.165) is 30.4 Å². The van der Waals surface area contributed by atoms with Crippen LogP contribution < -0.4 is 11.5 Å². The summed E-state index contributed by atoms with van der Waals surface area (Å²) in [6.45, 7) is 1.00. The van der Waals surface area contributed by atoms with Crippen molar-refractivity contribution in [3.63, 3.8) is 0 Å². The molecule has 1 aliphatic heterocycles.